The summed E-state index contributed by atoms with van der Waals surface area (Å²) < 4.78 is 44.9. The summed E-state index contributed by atoms with van der Waals surface area (Å²) in [6.07, 6.45) is 3.23. The van der Waals surface area contributed by atoms with Crippen LogP contribution in [-0.2, 0) is 39.6 Å². The van der Waals surface area contributed by atoms with Crippen molar-refractivity contribution in [2.45, 2.75) is 56.9 Å². The van der Waals surface area contributed by atoms with E-state index in [0.717, 1.165) is 28.1 Å². The largest absolute Gasteiger partial charge is 0.351 e. The normalized spacial score (nSPS) is 20.7. The quantitative estimate of drug-likeness (QED) is 0.320. The van der Waals surface area contributed by atoms with Crippen molar-refractivity contribution < 1.29 is 17.6 Å². The molecule has 2 atom stereocenters. The fourth-order valence-electron chi connectivity index (χ4n) is 6.52. The highest BCUT2D eigenvalue weighted by Gasteiger charge is 2.54. The van der Waals surface area contributed by atoms with Crippen molar-refractivity contribution in [3.05, 3.63) is 113 Å². The van der Waals surface area contributed by atoms with Crippen LogP contribution in [0.3, 0.4) is 0 Å². The number of nitrogens with zero attached hydrogens (tertiary/aromatic N) is 3. The summed E-state index contributed by atoms with van der Waals surface area (Å²) in [4.78, 5) is 14.4. The Labute approximate surface area is 252 Å². The summed E-state index contributed by atoms with van der Waals surface area (Å²) in [5.74, 6) is -0.564. The van der Waals surface area contributed by atoms with Gasteiger partial charge in [-0.05, 0) is 83.7 Å². The number of benzene rings is 3. The molecular formula is C34H37FN4O3S. The predicted molar refractivity (Wildman–Crippen MR) is 164 cm³/mol. The third-order valence-electron chi connectivity index (χ3n) is 9.05. The number of nitrogens with one attached hydrogen (secondary N) is 1. The van der Waals surface area contributed by atoms with Crippen LogP contribution >= 0.6 is 0 Å². The summed E-state index contributed by atoms with van der Waals surface area (Å²) in [5, 5.41) is 7.75. The molecule has 43 heavy (non-hydrogen) atoms. The molecule has 1 N–H and O–H groups in total. The van der Waals surface area contributed by atoms with Gasteiger partial charge in [0, 0.05) is 25.3 Å². The second kappa shape index (κ2) is 11.0. The molecule has 1 fully saturated rings. The molecule has 6 rings (SSSR count). The molecule has 1 saturated heterocycles. The number of sulfonamides is 1. The zero-order chi connectivity index (χ0) is 30.4. The van der Waals surface area contributed by atoms with Crippen molar-refractivity contribution in [3.8, 4) is 5.69 Å². The van der Waals surface area contributed by atoms with Crippen LogP contribution in [-0.4, -0.2) is 41.5 Å². The number of fused-ring (bicyclic) bond motifs is 2. The fourth-order valence-corrected chi connectivity index (χ4v) is 8.04. The topological polar surface area (TPSA) is 84.3 Å². The van der Waals surface area contributed by atoms with Crippen molar-refractivity contribution in [3.63, 3.8) is 0 Å². The number of rotatable bonds is 6. The maximum Gasteiger partial charge on any atom is 0.243 e. The molecule has 2 aliphatic rings. The second-order valence-corrected chi connectivity index (χ2v) is 14.7. The lowest BCUT2D eigenvalue weighted by Gasteiger charge is -2.49. The van der Waals surface area contributed by atoms with Crippen molar-refractivity contribution in [1.29, 1.82) is 0 Å². The van der Waals surface area contributed by atoms with Crippen LogP contribution in [0.25, 0.3) is 5.69 Å². The van der Waals surface area contributed by atoms with Crippen LogP contribution in [0.2, 0.25) is 0 Å². The minimum atomic E-state index is -3.84. The number of carbonyl (C=O) groups excluding carboxylic acids is 1. The van der Waals surface area contributed by atoms with E-state index in [1.165, 1.54) is 16.4 Å². The highest BCUT2D eigenvalue weighted by atomic mass is 32.2. The highest BCUT2D eigenvalue weighted by Crippen LogP contribution is 2.47. The molecule has 1 aromatic heterocycles. The minimum absolute atomic E-state index is 0.0861. The van der Waals surface area contributed by atoms with Gasteiger partial charge in [-0.1, -0.05) is 63.2 Å². The van der Waals surface area contributed by atoms with Gasteiger partial charge >= 0.3 is 0 Å². The lowest BCUT2D eigenvalue weighted by atomic mass is 9.62. The van der Waals surface area contributed by atoms with Gasteiger partial charge in [-0.3, -0.25) is 4.79 Å². The van der Waals surface area contributed by atoms with Gasteiger partial charge in [-0.15, -0.1) is 0 Å². The van der Waals surface area contributed by atoms with Gasteiger partial charge in [0.15, 0.2) is 0 Å². The van der Waals surface area contributed by atoms with E-state index < -0.39 is 15.4 Å². The number of hydrogen-bond donors (Lipinski definition) is 1. The number of amides is 1. The Balaban J connectivity index is 1.34. The summed E-state index contributed by atoms with van der Waals surface area (Å²) in [6.45, 7) is 7.04. The molecule has 224 valence electrons. The number of halogens is 1. The number of piperidine rings is 1. The van der Waals surface area contributed by atoms with Gasteiger partial charge in [0.1, 0.15) is 5.82 Å². The molecule has 0 radical (unpaired) electrons. The Kier molecular flexibility index (Phi) is 7.50. The highest BCUT2D eigenvalue weighted by molar-refractivity contribution is 7.89. The monoisotopic (exact) mass is 600 g/mol. The van der Waals surface area contributed by atoms with E-state index in [4.69, 9.17) is 0 Å². The minimum Gasteiger partial charge on any atom is -0.351 e. The summed E-state index contributed by atoms with van der Waals surface area (Å²) >= 11 is 0. The molecule has 1 unspecified atom stereocenters. The summed E-state index contributed by atoms with van der Waals surface area (Å²) in [6, 6.07) is 23.0. The van der Waals surface area contributed by atoms with Crippen LogP contribution in [0.4, 0.5) is 4.39 Å². The molecule has 0 spiro atoms. The predicted octanol–water partition coefficient (Wildman–Crippen LogP) is 5.42. The van der Waals surface area contributed by atoms with Crippen LogP contribution in [0.15, 0.2) is 90.0 Å². The Hall–Kier alpha value is -3.82. The molecule has 1 amide bonds. The van der Waals surface area contributed by atoms with E-state index in [0.29, 0.717) is 32.4 Å². The van der Waals surface area contributed by atoms with Crippen LogP contribution in [0.5, 0.6) is 0 Å². The van der Waals surface area contributed by atoms with Crippen LogP contribution < -0.4 is 5.32 Å². The van der Waals surface area contributed by atoms with E-state index in [1.54, 1.807) is 30.5 Å². The third kappa shape index (κ3) is 5.52. The molecule has 4 aromatic rings. The first-order valence-electron chi connectivity index (χ1n) is 14.7. The Morgan fingerprint density at radius 3 is 2.40 bits per heavy atom. The molecule has 0 saturated carbocycles. The molecule has 1 aliphatic heterocycles. The fraction of sp³-hybridized carbons (Fsp3) is 0.353. The van der Waals surface area contributed by atoms with Crippen LogP contribution in [0, 0.1) is 17.2 Å². The van der Waals surface area contributed by atoms with Crippen LogP contribution in [0.1, 0.15) is 49.6 Å². The average molecular weight is 601 g/mol. The van der Waals surface area contributed by atoms with Gasteiger partial charge < -0.3 is 5.32 Å². The molecular weight excluding hydrogens is 563 g/mol. The number of hydrogen-bond acceptors (Lipinski definition) is 4. The Morgan fingerprint density at radius 2 is 1.72 bits per heavy atom. The van der Waals surface area contributed by atoms with Crippen molar-refractivity contribution in [1.82, 2.24) is 19.4 Å². The van der Waals surface area contributed by atoms with Crippen molar-refractivity contribution >= 4 is 15.9 Å². The second-order valence-electron chi connectivity index (χ2n) is 12.8. The lowest BCUT2D eigenvalue weighted by molar-refractivity contribution is -0.138. The maximum absolute atomic E-state index is 14.2. The summed E-state index contributed by atoms with van der Waals surface area (Å²) in [5.41, 5.74) is 3.61. The van der Waals surface area contributed by atoms with E-state index in [-0.39, 0.29) is 34.5 Å². The van der Waals surface area contributed by atoms with E-state index >= 15 is 0 Å². The molecule has 3 aromatic carbocycles. The average Bonchev–Trinajstić information content (AvgIpc) is 3.41. The number of carbonyl (C=O) groups is 1. The molecule has 7 nitrogen and oxygen atoms in total. The lowest BCUT2D eigenvalue weighted by Crippen LogP contribution is -2.60. The van der Waals surface area contributed by atoms with Crippen molar-refractivity contribution in [2.24, 2.45) is 11.3 Å². The third-order valence-corrected chi connectivity index (χ3v) is 10.9. The SMILES string of the molecule is CC(C)(C)c1ccc(S(=O)(=O)N2CCC3Cc4c(cnn4-c4ccc(F)cc4)C[C@]3(C(=O)NCc3ccccc3)C2)cc1. The molecule has 1 aliphatic carbocycles. The maximum atomic E-state index is 14.2. The molecule has 9 heteroatoms. The van der Waals surface area contributed by atoms with Gasteiger partial charge in [-0.2, -0.15) is 9.40 Å². The van der Waals surface area contributed by atoms with Gasteiger partial charge in [0.05, 0.1) is 22.2 Å². The van der Waals surface area contributed by atoms with Gasteiger partial charge in [-0.25, -0.2) is 17.5 Å². The zero-order valence-electron chi connectivity index (χ0n) is 24.8. The Bertz CT molecular complexity index is 1730. The van der Waals surface area contributed by atoms with E-state index in [9.17, 15) is 17.6 Å². The van der Waals surface area contributed by atoms with Crippen molar-refractivity contribution in [2.75, 3.05) is 13.1 Å². The first kappa shape index (κ1) is 29.3. The molecule has 2 heterocycles. The van der Waals surface area contributed by atoms with Gasteiger partial charge in [0.25, 0.3) is 0 Å². The Morgan fingerprint density at radius 1 is 1.02 bits per heavy atom. The smallest absolute Gasteiger partial charge is 0.243 e. The first-order valence-corrected chi connectivity index (χ1v) is 16.2. The zero-order valence-corrected chi connectivity index (χ0v) is 25.6. The molecule has 0 bridgehead atoms. The number of aromatic nitrogens is 2. The van der Waals surface area contributed by atoms with E-state index in [2.05, 4.69) is 31.2 Å². The van der Waals surface area contributed by atoms with Gasteiger partial charge in [0.2, 0.25) is 15.9 Å². The summed E-state index contributed by atoms with van der Waals surface area (Å²) in [7, 11) is -3.84. The first-order chi connectivity index (χ1) is 20.5. The standard InChI is InChI=1S/C34H37FN4O3S/c1-33(2,3)26-9-15-30(16-10-26)43(41,42)38-18-17-27-19-31-25(22-37-39(31)29-13-11-28(35)12-14-29)20-34(27,23-38)32(40)36-21-24-7-5-4-6-8-24/h4-16,22,27H,17-21,23H2,1-3H3,(H,36,40)/t27?,34-/m0/s1. The van der Waals surface area contributed by atoms with E-state index in [1.807, 2.05) is 47.1 Å².